The Morgan fingerprint density at radius 3 is 2.24 bits per heavy atom. The standard InChI is InChI=1S/C14H23N5O2/c1-4-9-19-12-11(13(20)18(6-3)14(19)21)17(5-2)10(16-12)7-8-15/h4-9,15H2,1-3H3. The van der Waals surface area contributed by atoms with Crippen molar-refractivity contribution in [2.24, 2.45) is 5.73 Å². The van der Waals surface area contributed by atoms with Crippen molar-refractivity contribution < 1.29 is 0 Å². The van der Waals surface area contributed by atoms with Crippen LogP contribution in [0.2, 0.25) is 0 Å². The van der Waals surface area contributed by atoms with Crippen LogP contribution in [0.25, 0.3) is 11.2 Å². The van der Waals surface area contributed by atoms with Gasteiger partial charge in [-0.25, -0.2) is 9.78 Å². The highest BCUT2D eigenvalue weighted by Crippen LogP contribution is 2.12. The maximum atomic E-state index is 12.6. The van der Waals surface area contributed by atoms with Crippen molar-refractivity contribution >= 4 is 11.2 Å². The number of aryl methyl sites for hydroxylation is 2. The molecule has 2 aromatic rings. The molecule has 7 nitrogen and oxygen atoms in total. The highest BCUT2D eigenvalue weighted by atomic mass is 16.2. The van der Waals surface area contributed by atoms with E-state index in [1.807, 2.05) is 18.4 Å². The lowest BCUT2D eigenvalue weighted by Gasteiger charge is -2.10. The molecule has 0 fully saturated rings. The van der Waals surface area contributed by atoms with Gasteiger partial charge in [0.2, 0.25) is 0 Å². The monoisotopic (exact) mass is 293 g/mol. The lowest BCUT2D eigenvalue weighted by molar-refractivity contribution is 0.578. The van der Waals surface area contributed by atoms with E-state index in [0.717, 1.165) is 12.2 Å². The molecular formula is C14H23N5O2. The maximum absolute atomic E-state index is 12.6. The first-order valence-electron chi connectivity index (χ1n) is 7.53. The Labute approximate surface area is 123 Å². The summed E-state index contributed by atoms with van der Waals surface area (Å²) in [6.07, 6.45) is 1.40. The minimum absolute atomic E-state index is 0.262. The predicted molar refractivity (Wildman–Crippen MR) is 82.7 cm³/mol. The second-order valence-corrected chi connectivity index (χ2v) is 4.97. The summed E-state index contributed by atoms with van der Waals surface area (Å²) in [5.74, 6) is 0.769. The van der Waals surface area contributed by atoms with Crippen LogP contribution in [-0.2, 0) is 26.1 Å². The summed E-state index contributed by atoms with van der Waals surface area (Å²) < 4.78 is 4.76. The average Bonchev–Trinajstić information content (AvgIpc) is 2.83. The molecule has 116 valence electrons. The fourth-order valence-electron chi connectivity index (χ4n) is 2.70. The van der Waals surface area contributed by atoms with Crippen molar-refractivity contribution in [3.05, 3.63) is 26.7 Å². The Kier molecular flexibility index (Phi) is 4.62. The van der Waals surface area contributed by atoms with Gasteiger partial charge < -0.3 is 10.3 Å². The van der Waals surface area contributed by atoms with Crippen molar-refractivity contribution in [1.29, 1.82) is 0 Å². The number of nitrogens with zero attached hydrogens (tertiary/aromatic N) is 4. The highest BCUT2D eigenvalue weighted by Gasteiger charge is 2.19. The third-order valence-corrected chi connectivity index (χ3v) is 3.64. The predicted octanol–water partition coefficient (Wildman–Crippen LogP) is 0.311. The van der Waals surface area contributed by atoms with E-state index >= 15 is 0 Å². The molecule has 0 saturated carbocycles. The molecule has 0 atom stereocenters. The number of rotatable bonds is 6. The lowest BCUT2D eigenvalue weighted by atomic mass is 10.4. The van der Waals surface area contributed by atoms with E-state index in [1.165, 1.54) is 4.57 Å². The Morgan fingerprint density at radius 2 is 1.71 bits per heavy atom. The van der Waals surface area contributed by atoms with Crippen LogP contribution in [0.5, 0.6) is 0 Å². The van der Waals surface area contributed by atoms with Crippen LogP contribution in [0, 0.1) is 0 Å². The van der Waals surface area contributed by atoms with Gasteiger partial charge in [0.15, 0.2) is 11.2 Å². The van der Waals surface area contributed by atoms with Gasteiger partial charge in [0.25, 0.3) is 5.56 Å². The number of hydrogen-bond donors (Lipinski definition) is 1. The summed E-state index contributed by atoms with van der Waals surface area (Å²) in [5, 5.41) is 0. The molecule has 0 aliphatic heterocycles. The fraction of sp³-hybridized carbons (Fsp3) is 0.643. The Balaban J connectivity index is 2.94. The summed E-state index contributed by atoms with van der Waals surface area (Å²) in [4.78, 5) is 29.6. The number of hydrogen-bond acceptors (Lipinski definition) is 4. The van der Waals surface area contributed by atoms with Crippen LogP contribution in [-0.4, -0.2) is 25.2 Å². The van der Waals surface area contributed by atoms with E-state index in [1.54, 1.807) is 11.5 Å². The molecule has 2 aromatic heterocycles. The van der Waals surface area contributed by atoms with Crippen LogP contribution >= 0.6 is 0 Å². The van der Waals surface area contributed by atoms with Gasteiger partial charge in [-0.05, 0) is 26.8 Å². The van der Waals surface area contributed by atoms with Gasteiger partial charge in [0.1, 0.15) is 5.82 Å². The van der Waals surface area contributed by atoms with Crippen LogP contribution in [0.4, 0.5) is 0 Å². The maximum Gasteiger partial charge on any atom is 0.332 e. The third kappa shape index (κ3) is 2.42. The van der Waals surface area contributed by atoms with Crippen LogP contribution in [0.1, 0.15) is 33.0 Å². The molecule has 0 amide bonds. The quantitative estimate of drug-likeness (QED) is 0.830. The van der Waals surface area contributed by atoms with E-state index in [0.29, 0.717) is 43.8 Å². The molecule has 7 heteroatoms. The summed E-state index contributed by atoms with van der Waals surface area (Å²) >= 11 is 0. The third-order valence-electron chi connectivity index (χ3n) is 3.64. The number of imidazole rings is 1. The van der Waals surface area contributed by atoms with E-state index in [2.05, 4.69) is 4.98 Å². The van der Waals surface area contributed by atoms with Gasteiger partial charge in [-0.15, -0.1) is 0 Å². The molecule has 0 aliphatic carbocycles. The first-order chi connectivity index (χ1) is 10.1. The Hall–Kier alpha value is -1.89. The summed E-state index contributed by atoms with van der Waals surface area (Å²) in [7, 11) is 0. The second-order valence-electron chi connectivity index (χ2n) is 4.97. The summed E-state index contributed by atoms with van der Waals surface area (Å²) in [5.41, 5.74) is 6.08. The molecule has 0 bridgehead atoms. The highest BCUT2D eigenvalue weighted by molar-refractivity contribution is 5.71. The van der Waals surface area contributed by atoms with Gasteiger partial charge >= 0.3 is 5.69 Å². The first-order valence-corrected chi connectivity index (χ1v) is 7.53. The molecule has 2 rings (SSSR count). The molecule has 0 radical (unpaired) electrons. The van der Waals surface area contributed by atoms with E-state index in [-0.39, 0.29) is 11.2 Å². The number of fused-ring (bicyclic) bond motifs is 1. The van der Waals surface area contributed by atoms with Crippen molar-refractivity contribution in [3.63, 3.8) is 0 Å². The largest absolute Gasteiger partial charge is 0.332 e. The average molecular weight is 293 g/mol. The van der Waals surface area contributed by atoms with E-state index < -0.39 is 0 Å². The van der Waals surface area contributed by atoms with Gasteiger partial charge in [0, 0.05) is 26.1 Å². The molecule has 0 aliphatic rings. The van der Waals surface area contributed by atoms with Crippen molar-refractivity contribution in [3.8, 4) is 0 Å². The number of aromatic nitrogens is 4. The smallest absolute Gasteiger partial charge is 0.330 e. The molecule has 0 saturated heterocycles. The van der Waals surface area contributed by atoms with Gasteiger partial charge in [-0.3, -0.25) is 13.9 Å². The topological polar surface area (TPSA) is 87.8 Å². The van der Waals surface area contributed by atoms with Crippen molar-refractivity contribution in [2.75, 3.05) is 6.54 Å². The number of nitrogens with two attached hydrogens (primary N) is 1. The second kappa shape index (κ2) is 6.26. The van der Waals surface area contributed by atoms with Crippen LogP contribution in [0.3, 0.4) is 0 Å². The summed E-state index contributed by atoms with van der Waals surface area (Å²) in [6, 6.07) is 0. The normalized spacial score (nSPS) is 11.4. The zero-order valence-electron chi connectivity index (χ0n) is 12.9. The van der Waals surface area contributed by atoms with E-state index in [4.69, 9.17) is 5.73 Å². The molecule has 2 heterocycles. The molecule has 0 aromatic carbocycles. The van der Waals surface area contributed by atoms with E-state index in [9.17, 15) is 9.59 Å². The zero-order chi connectivity index (χ0) is 15.6. The molecule has 21 heavy (non-hydrogen) atoms. The molecule has 2 N–H and O–H groups in total. The van der Waals surface area contributed by atoms with Crippen molar-refractivity contribution in [2.45, 2.75) is 53.2 Å². The lowest BCUT2D eigenvalue weighted by Crippen LogP contribution is -2.40. The Morgan fingerprint density at radius 1 is 1.05 bits per heavy atom. The Bertz CT molecular complexity index is 753. The fourth-order valence-corrected chi connectivity index (χ4v) is 2.70. The van der Waals surface area contributed by atoms with Crippen LogP contribution in [0.15, 0.2) is 9.59 Å². The zero-order valence-corrected chi connectivity index (χ0v) is 12.9. The molecule has 0 unspecified atom stereocenters. The minimum Gasteiger partial charge on any atom is -0.330 e. The van der Waals surface area contributed by atoms with Crippen molar-refractivity contribution in [1.82, 2.24) is 18.7 Å². The summed E-state index contributed by atoms with van der Waals surface area (Å²) in [6.45, 7) is 7.77. The van der Waals surface area contributed by atoms with Gasteiger partial charge in [-0.2, -0.15) is 0 Å². The first kappa shape index (κ1) is 15.5. The van der Waals surface area contributed by atoms with Crippen LogP contribution < -0.4 is 17.0 Å². The van der Waals surface area contributed by atoms with Gasteiger partial charge in [-0.1, -0.05) is 6.92 Å². The van der Waals surface area contributed by atoms with Gasteiger partial charge in [0.05, 0.1) is 0 Å². The molecular weight excluding hydrogens is 270 g/mol. The minimum atomic E-state index is -0.281. The molecule has 0 spiro atoms. The SMILES string of the molecule is CCCn1c(=O)n(CC)c(=O)c2c1nc(CCN)n2CC.